The molecule has 0 spiro atoms. The molecule has 1 fully saturated rings. The maximum absolute atomic E-state index is 10.3. The van der Waals surface area contributed by atoms with Crippen molar-refractivity contribution in [1.82, 2.24) is 15.1 Å². The molecule has 3 aromatic rings. The van der Waals surface area contributed by atoms with Crippen molar-refractivity contribution in [1.29, 1.82) is 0 Å². The molecule has 1 atom stereocenters. The Hall–Kier alpha value is -2.41. The molecular formula is C21H23ClN4O2. The smallest absolute Gasteiger partial charge is 0.156 e. The van der Waals surface area contributed by atoms with Crippen LogP contribution in [0.4, 0.5) is 5.82 Å². The molecule has 0 bridgehead atoms. The topological polar surface area (TPSA) is 81.5 Å². The molecule has 1 aliphatic rings. The van der Waals surface area contributed by atoms with Crippen LogP contribution in [0.5, 0.6) is 5.75 Å². The number of β-amino-alcohol motifs (C(OH)–C–C–N with tert-alkyl or cyclic N) is 1. The van der Waals surface area contributed by atoms with Gasteiger partial charge in [-0.25, -0.2) is 0 Å². The van der Waals surface area contributed by atoms with E-state index in [4.69, 9.17) is 11.6 Å². The molecule has 0 radical (unpaired) electrons. The SMILES string of the molecule is OCCN1CCC[C@@H](Nc2nnc(-c3ccc(Cl)cc3O)c3ccccc23)C1. The van der Waals surface area contributed by atoms with E-state index in [2.05, 4.69) is 20.4 Å². The zero-order valence-electron chi connectivity index (χ0n) is 15.5. The quantitative estimate of drug-likeness (QED) is 0.610. The molecule has 2 aromatic carbocycles. The number of hydrogen-bond donors (Lipinski definition) is 3. The van der Waals surface area contributed by atoms with Crippen molar-refractivity contribution in [2.45, 2.75) is 18.9 Å². The number of likely N-dealkylation sites (tertiary alicyclic amines) is 1. The Labute approximate surface area is 168 Å². The van der Waals surface area contributed by atoms with Gasteiger partial charge in [-0.1, -0.05) is 35.9 Å². The fourth-order valence-electron chi connectivity index (χ4n) is 3.83. The van der Waals surface area contributed by atoms with Crippen LogP contribution >= 0.6 is 11.6 Å². The number of fused-ring (bicyclic) bond motifs is 1. The molecule has 3 N–H and O–H groups in total. The van der Waals surface area contributed by atoms with Gasteiger partial charge in [0.1, 0.15) is 11.4 Å². The number of piperidine rings is 1. The van der Waals surface area contributed by atoms with Crippen molar-refractivity contribution in [2.75, 3.05) is 31.6 Å². The molecule has 0 unspecified atom stereocenters. The minimum absolute atomic E-state index is 0.0830. The highest BCUT2D eigenvalue weighted by Crippen LogP contribution is 2.36. The Morgan fingerprint density at radius 3 is 2.75 bits per heavy atom. The van der Waals surface area contributed by atoms with E-state index in [1.54, 1.807) is 12.1 Å². The number of aromatic nitrogens is 2. The summed E-state index contributed by atoms with van der Waals surface area (Å²) in [4.78, 5) is 2.26. The van der Waals surface area contributed by atoms with E-state index in [-0.39, 0.29) is 18.4 Å². The fourth-order valence-corrected chi connectivity index (χ4v) is 3.99. The van der Waals surface area contributed by atoms with E-state index >= 15 is 0 Å². The van der Waals surface area contributed by atoms with Gasteiger partial charge in [0.25, 0.3) is 0 Å². The highest BCUT2D eigenvalue weighted by atomic mass is 35.5. The third kappa shape index (κ3) is 3.90. The minimum atomic E-state index is 0.0830. The van der Waals surface area contributed by atoms with Crippen LogP contribution in [0.25, 0.3) is 22.0 Å². The lowest BCUT2D eigenvalue weighted by Crippen LogP contribution is -2.43. The molecule has 0 aliphatic carbocycles. The van der Waals surface area contributed by atoms with Gasteiger partial charge < -0.3 is 15.5 Å². The zero-order chi connectivity index (χ0) is 19.5. The van der Waals surface area contributed by atoms with E-state index < -0.39 is 0 Å². The van der Waals surface area contributed by atoms with Crippen LogP contribution in [0.3, 0.4) is 0 Å². The Bertz CT molecular complexity index is 980. The zero-order valence-corrected chi connectivity index (χ0v) is 16.2. The second-order valence-corrected chi connectivity index (χ2v) is 7.55. The molecule has 0 amide bonds. The number of nitrogens with zero attached hydrogens (tertiary/aromatic N) is 3. The predicted molar refractivity (Wildman–Crippen MR) is 112 cm³/mol. The van der Waals surface area contributed by atoms with Crippen molar-refractivity contribution in [2.24, 2.45) is 0 Å². The molecular weight excluding hydrogens is 376 g/mol. The Morgan fingerprint density at radius 2 is 1.96 bits per heavy atom. The Balaban J connectivity index is 1.68. The number of phenolic OH excluding ortho intramolecular Hbond substituents is 1. The minimum Gasteiger partial charge on any atom is -0.507 e. The molecule has 0 saturated carbocycles. The van der Waals surface area contributed by atoms with Gasteiger partial charge in [-0.15, -0.1) is 10.2 Å². The number of aliphatic hydroxyl groups excluding tert-OH is 1. The molecule has 1 aromatic heterocycles. The van der Waals surface area contributed by atoms with Gasteiger partial charge in [0.15, 0.2) is 5.82 Å². The monoisotopic (exact) mass is 398 g/mol. The molecule has 1 saturated heterocycles. The van der Waals surface area contributed by atoms with E-state index in [9.17, 15) is 10.2 Å². The van der Waals surface area contributed by atoms with Gasteiger partial charge in [-0.05, 0) is 37.6 Å². The normalized spacial score (nSPS) is 17.7. The van der Waals surface area contributed by atoms with Crippen molar-refractivity contribution >= 4 is 28.2 Å². The van der Waals surface area contributed by atoms with Crippen molar-refractivity contribution in [3.8, 4) is 17.0 Å². The van der Waals surface area contributed by atoms with Crippen LogP contribution in [0.15, 0.2) is 42.5 Å². The second kappa shape index (κ2) is 8.31. The third-order valence-corrected chi connectivity index (χ3v) is 5.40. The second-order valence-electron chi connectivity index (χ2n) is 7.11. The number of phenols is 1. The highest BCUT2D eigenvalue weighted by Gasteiger charge is 2.21. The lowest BCUT2D eigenvalue weighted by Gasteiger charge is -2.33. The number of rotatable bonds is 5. The number of aliphatic hydroxyl groups is 1. The Kier molecular flexibility index (Phi) is 5.62. The first-order valence-electron chi connectivity index (χ1n) is 9.50. The lowest BCUT2D eigenvalue weighted by molar-refractivity contribution is 0.166. The maximum Gasteiger partial charge on any atom is 0.156 e. The number of halogens is 1. The number of aromatic hydroxyl groups is 1. The Morgan fingerprint density at radius 1 is 1.14 bits per heavy atom. The first-order valence-corrected chi connectivity index (χ1v) is 9.87. The first-order chi connectivity index (χ1) is 13.7. The van der Waals surface area contributed by atoms with Crippen LogP contribution in [-0.4, -0.2) is 57.6 Å². The molecule has 146 valence electrons. The van der Waals surface area contributed by atoms with Crippen LogP contribution in [-0.2, 0) is 0 Å². The van der Waals surface area contributed by atoms with Gasteiger partial charge in [-0.2, -0.15) is 0 Å². The van der Waals surface area contributed by atoms with E-state index in [1.807, 2.05) is 24.3 Å². The average Bonchev–Trinajstić information content (AvgIpc) is 2.69. The lowest BCUT2D eigenvalue weighted by atomic mass is 10.0. The summed E-state index contributed by atoms with van der Waals surface area (Å²) in [6.07, 6.45) is 2.14. The number of hydrogen-bond acceptors (Lipinski definition) is 6. The number of nitrogens with one attached hydrogen (secondary N) is 1. The van der Waals surface area contributed by atoms with Gasteiger partial charge in [0.2, 0.25) is 0 Å². The van der Waals surface area contributed by atoms with Crippen LogP contribution in [0.1, 0.15) is 12.8 Å². The van der Waals surface area contributed by atoms with Gasteiger partial charge in [0, 0.05) is 40.5 Å². The summed E-state index contributed by atoms with van der Waals surface area (Å²) >= 11 is 5.96. The molecule has 1 aliphatic heterocycles. The van der Waals surface area contributed by atoms with Crippen molar-refractivity contribution < 1.29 is 10.2 Å². The molecule has 4 rings (SSSR count). The van der Waals surface area contributed by atoms with Crippen molar-refractivity contribution in [3.63, 3.8) is 0 Å². The summed E-state index contributed by atoms with van der Waals surface area (Å²) in [6.45, 7) is 2.75. The predicted octanol–water partition coefficient (Wildman–Crippen LogP) is 3.52. The van der Waals surface area contributed by atoms with Gasteiger partial charge in [0.05, 0.1) is 6.61 Å². The molecule has 2 heterocycles. The van der Waals surface area contributed by atoms with Crippen molar-refractivity contribution in [3.05, 3.63) is 47.5 Å². The van der Waals surface area contributed by atoms with Crippen LogP contribution < -0.4 is 5.32 Å². The summed E-state index contributed by atoms with van der Waals surface area (Å²) in [5.41, 5.74) is 1.23. The summed E-state index contributed by atoms with van der Waals surface area (Å²) in [6, 6.07) is 13.2. The first kappa shape index (κ1) is 18.9. The largest absolute Gasteiger partial charge is 0.507 e. The summed E-state index contributed by atoms with van der Waals surface area (Å²) in [5, 5.41) is 34.3. The summed E-state index contributed by atoms with van der Waals surface area (Å²) in [5.74, 6) is 0.822. The average molecular weight is 399 g/mol. The number of benzene rings is 2. The van der Waals surface area contributed by atoms with Gasteiger partial charge in [-0.3, -0.25) is 4.90 Å². The van der Waals surface area contributed by atoms with Gasteiger partial charge >= 0.3 is 0 Å². The van der Waals surface area contributed by atoms with Crippen LogP contribution in [0.2, 0.25) is 5.02 Å². The maximum atomic E-state index is 10.3. The van der Waals surface area contributed by atoms with E-state index in [1.165, 1.54) is 6.07 Å². The van der Waals surface area contributed by atoms with E-state index in [0.29, 0.717) is 22.8 Å². The summed E-state index contributed by atoms with van der Waals surface area (Å²) in [7, 11) is 0. The van der Waals surface area contributed by atoms with E-state index in [0.717, 1.165) is 42.5 Å². The third-order valence-electron chi connectivity index (χ3n) is 5.16. The summed E-state index contributed by atoms with van der Waals surface area (Å²) < 4.78 is 0. The van der Waals surface area contributed by atoms with Crippen LogP contribution in [0, 0.1) is 0 Å². The molecule has 7 heteroatoms. The highest BCUT2D eigenvalue weighted by molar-refractivity contribution is 6.30. The fraction of sp³-hybridized carbons (Fsp3) is 0.333. The number of anilines is 1. The molecule has 28 heavy (non-hydrogen) atoms. The standard InChI is InChI=1S/C21H23ClN4O2/c22-14-7-8-18(19(28)12-14)20-16-5-1-2-6-17(16)21(25-24-20)23-15-4-3-9-26(13-15)10-11-27/h1-2,5-8,12,15,27-28H,3-4,9-11,13H2,(H,23,25)/t15-/m1/s1. The molecule has 6 nitrogen and oxygen atoms in total.